The lowest BCUT2D eigenvalue weighted by Crippen LogP contribution is -2.42. The minimum Gasteiger partial charge on any atom is -0.348 e. The maximum Gasteiger partial charge on any atom is 0.252 e. The second-order valence-corrected chi connectivity index (χ2v) is 6.28. The maximum absolute atomic E-state index is 12.2. The van der Waals surface area contributed by atoms with E-state index in [9.17, 15) is 4.79 Å². The van der Waals surface area contributed by atoms with Gasteiger partial charge in [-0.3, -0.25) is 4.79 Å². The second-order valence-electron chi connectivity index (χ2n) is 4.86. The number of hydrogen-bond acceptors (Lipinski definition) is 1. The van der Waals surface area contributed by atoms with Gasteiger partial charge in [-0.05, 0) is 53.4 Å². The Balaban J connectivity index is 2.07. The van der Waals surface area contributed by atoms with Crippen molar-refractivity contribution < 1.29 is 4.79 Å². The van der Waals surface area contributed by atoms with Crippen LogP contribution in [0.4, 0.5) is 0 Å². The van der Waals surface area contributed by atoms with E-state index in [1.165, 1.54) is 0 Å². The second kappa shape index (κ2) is 6.07. The minimum atomic E-state index is -0.0422. The molecule has 1 aliphatic rings. The zero-order valence-electron chi connectivity index (χ0n) is 10.4. The van der Waals surface area contributed by atoms with E-state index in [4.69, 9.17) is 11.6 Å². The molecule has 0 saturated heterocycles. The largest absolute Gasteiger partial charge is 0.348 e. The maximum atomic E-state index is 12.2. The summed E-state index contributed by atoms with van der Waals surface area (Å²) in [6.45, 7) is 2.00. The van der Waals surface area contributed by atoms with Crippen LogP contribution in [0.25, 0.3) is 0 Å². The molecule has 1 N–H and O–H groups in total. The molecule has 0 aromatic heterocycles. The van der Waals surface area contributed by atoms with Gasteiger partial charge < -0.3 is 5.32 Å². The number of nitrogens with one attached hydrogen (secondary N) is 1. The molecule has 18 heavy (non-hydrogen) atoms. The molecule has 2 rings (SSSR count). The van der Waals surface area contributed by atoms with Gasteiger partial charge in [-0.1, -0.05) is 18.9 Å². The third-order valence-electron chi connectivity index (χ3n) is 3.37. The molecular formula is C14H17BrClNO. The monoisotopic (exact) mass is 329 g/mol. The quantitative estimate of drug-likeness (QED) is 0.815. The molecule has 1 saturated carbocycles. The van der Waals surface area contributed by atoms with E-state index >= 15 is 0 Å². The lowest BCUT2D eigenvalue weighted by molar-refractivity contribution is 0.0928. The van der Waals surface area contributed by atoms with Crippen molar-refractivity contribution >= 4 is 33.4 Å². The van der Waals surface area contributed by atoms with Gasteiger partial charge in [0, 0.05) is 10.5 Å². The van der Waals surface area contributed by atoms with E-state index in [0.29, 0.717) is 5.56 Å². The van der Waals surface area contributed by atoms with E-state index < -0.39 is 0 Å². The van der Waals surface area contributed by atoms with Crippen LogP contribution in [0.2, 0.25) is 0 Å². The number of aryl methyl sites for hydroxylation is 1. The summed E-state index contributed by atoms with van der Waals surface area (Å²) in [4.78, 5) is 12.2. The summed E-state index contributed by atoms with van der Waals surface area (Å²) in [5.74, 6) is -0.0422. The normalized spacial score (nSPS) is 23.7. The van der Waals surface area contributed by atoms with Gasteiger partial charge in [-0.2, -0.15) is 0 Å². The third kappa shape index (κ3) is 3.27. The fourth-order valence-corrected chi connectivity index (χ4v) is 3.32. The highest BCUT2D eigenvalue weighted by Gasteiger charge is 2.25. The summed E-state index contributed by atoms with van der Waals surface area (Å²) in [6.07, 6.45) is 4.27. The molecule has 1 aromatic rings. The third-order valence-corrected chi connectivity index (χ3v) is 4.55. The Morgan fingerprint density at radius 3 is 2.78 bits per heavy atom. The lowest BCUT2D eigenvalue weighted by atomic mass is 9.94. The topological polar surface area (TPSA) is 29.1 Å². The molecule has 1 amide bonds. The average Bonchev–Trinajstić information content (AvgIpc) is 2.32. The van der Waals surface area contributed by atoms with Crippen molar-refractivity contribution in [2.45, 2.75) is 44.0 Å². The Morgan fingerprint density at radius 2 is 2.11 bits per heavy atom. The van der Waals surface area contributed by atoms with Crippen molar-refractivity contribution in [2.24, 2.45) is 0 Å². The van der Waals surface area contributed by atoms with Crippen LogP contribution in [0.15, 0.2) is 22.7 Å². The van der Waals surface area contributed by atoms with Gasteiger partial charge in [0.15, 0.2) is 0 Å². The molecule has 0 spiro atoms. The summed E-state index contributed by atoms with van der Waals surface area (Å²) >= 11 is 9.69. The van der Waals surface area contributed by atoms with Crippen LogP contribution in [0, 0.1) is 6.92 Å². The molecule has 1 aromatic carbocycles. The molecular weight excluding hydrogens is 314 g/mol. The van der Waals surface area contributed by atoms with Crippen molar-refractivity contribution in [3.8, 4) is 0 Å². The Morgan fingerprint density at radius 1 is 1.39 bits per heavy atom. The number of rotatable bonds is 2. The zero-order valence-corrected chi connectivity index (χ0v) is 12.7. The van der Waals surface area contributed by atoms with Gasteiger partial charge >= 0.3 is 0 Å². The molecule has 2 nitrogen and oxygen atoms in total. The summed E-state index contributed by atoms with van der Waals surface area (Å²) in [5, 5.41) is 3.11. The first kappa shape index (κ1) is 13.9. The Kier molecular flexibility index (Phi) is 4.68. The Labute approximate surface area is 121 Å². The first-order valence-electron chi connectivity index (χ1n) is 6.29. The van der Waals surface area contributed by atoms with Crippen LogP contribution < -0.4 is 5.32 Å². The average molecular weight is 331 g/mol. The summed E-state index contributed by atoms with van der Waals surface area (Å²) < 4.78 is 0.835. The van der Waals surface area contributed by atoms with Crippen LogP contribution >= 0.6 is 27.5 Å². The van der Waals surface area contributed by atoms with Crippen LogP contribution in [0.1, 0.15) is 41.6 Å². The fraction of sp³-hybridized carbons (Fsp3) is 0.500. The molecule has 1 fully saturated rings. The summed E-state index contributed by atoms with van der Waals surface area (Å²) in [5.41, 5.74) is 1.81. The molecule has 2 atom stereocenters. The molecule has 1 aliphatic carbocycles. The highest BCUT2D eigenvalue weighted by molar-refractivity contribution is 9.10. The Bertz CT molecular complexity index is 449. The predicted octanol–water partition coefficient (Wildman–Crippen LogP) is 4.04. The van der Waals surface area contributed by atoms with Crippen LogP contribution in [-0.4, -0.2) is 17.3 Å². The highest BCUT2D eigenvalue weighted by atomic mass is 79.9. The Hall–Kier alpha value is -0.540. The molecule has 98 valence electrons. The van der Waals surface area contributed by atoms with Gasteiger partial charge in [0.25, 0.3) is 5.91 Å². The molecule has 0 bridgehead atoms. The smallest absolute Gasteiger partial charge is 0.252 e. The number of amides is 1. The van der Waals surface area contributed by atoms with Gasteiger partial charge in [0.1, 0.15) is 0 Å². The van der Waals surface area contributed by atoms with Gasteiger partial charge in [0.2, 0.25) is 0 Å². The highest BCUT2D eigenvalue weighted by Crippen LogP contribution is 2.24. The van der Waals surface area contributed by atoms with Crippen LogP contribution in [0.3, 0.4) is 0 Å². The van der Waals surface area contributed by atoms with Gasteiger partial charge in [-0.15, -0.1) is 11.6 Å². The van der Waals surface area contributed by atoms with E-state index in [0.717, 1.165) is 35.7 Å². The molecule has 2 unspecified atom stereocenters. The summed E-state index contributed by atoms with van der Waals surface area (Å²) in [6, 6.07) is 5.84. The van der Waals surface area contributed by atoms with Crippen LogP contribution in [-0.2, 0) is 0 Å². The van der Waals surface area contributed by atoms with Crippen molar-refractivity contribution in [1.82, 2.24) is 5.32 Å². The van der Waals surface area contributed by atoms with Gasteiger partial charge in [-0.25, -0.2) is 0 Å². The fourth-order valence-electron chi connectivity index (χ4n) is 2.30. The molecule has 0 radical (unpaired) electrons. The van der Waals surface area contributed by atoms with E-state index in [1.807, 2.05) is 25.1 Å². The van der Waals surface area contributed by atoms with E-state index in [2.05, 4.69) is 21.2 Å². The predicted molar refractivity (Wildman–Crippen MR) is 78.2 cm³/mol. The number of alkyl halides is 1. The number of benzene rings is 1. The van der Waals surface area contributed by atoms with Crippen molar-refractivity contribution in [1.29, 1.82) is 0 Å². The van der Waals surface area contributed by atoms with E-state index in [-0.39, 0.29) is 17.3 Å². The van der Waals surface area contributed by atoms with Crippen molar-refractivity contribution in [3.05, 3.63) is 33.8 Å². The SMILES string of the molecule is Cc1ccc(C(=O)NC2CCCCC2Cl)c(Br)c1. The molecule has 0 heterocycles. The first-order chi connectivity index (χ1) is 8.58. The number of halogens is 2. The number of hydrogen-bond donors (Lipinski definition) is 1. The zero-order chi connectivity index (χ0) is 13.1. The number of carbonyl (C=O) groups excluding carboxylic acids is 1. The minimum absolute atomic E-state index is 0.0422. The first-order valence-corrected chi connectivity index (χ1v) is 7.52. The summed E-state index contributed by atoms with van der Waals surface area (Å²) in [7, 11) is 0. The van der Waals surface area contributed by atoms with Crippen molar-refractivity contribution in [3.63, 3.8) is 0 Å². The van der Waals surface area contributed by atoms with E-state index in [1.54, 1.807) is 0 Å². The van der Waals surface area contributed by atoms with Crippen LogP contribution in [0.5, 0.6) is 0 Å². The molecule has 0 aliphatic heterocycles. The number of carbonyl (C=O) groups is 1. The van der Waals surface area contributed by atoms with Gasteiger partial charge in [0.05, 0.1) is 10.9 Å². The molecule has 4 heteroatoms. The van der Waals surface area contributed by atoms with Crippen molar-refractivity contribution in [2.75, 3.05) is 0 Å². The standard InChI is InChI=1S/C14H17BrClNO/c1-9-6-7-10(11(15)8-9)14(18)17-13-5-3-2-4-12(13)16/h6-8,12-13H,2-5H2,1H3,(H,17,18). The lowest BCUT2D eigenvalue weighted by Gasteiger charge is -2.28.